The van der Waals surface area contributed by atoms with Crippen molar-refractivity contribution in [3.05, 3.63) is 29.8 Å². The number of hydrogen-bond acceptors (Lipinski definition) is 4. The zero-order chi connectivity index (χ0) is 15.0. The third kappa shape index (κ3) is 5.55. The van der Waals surface area contributed by atoms with Crippen LogP contribution in [0.3, 0.4) is 0 Å². The summed E-state index contributed by atoms with van der Waals surface area (Å²) in [5.74, 6) is -0.168. The number of unbranched alkanes of at least 4 members (excludes halogenated alkanes) is 1. The SMILES string of the molecule is CCOC(=O)C(C)(C)Sc1cccc(CCCCN)c1. The van der Waals surface area contributed by atoms with Crippen molar-refractivity contribution in [3.8, 4) is 0 Å². The normalized spacial score (nSPS) is 11.4. The highest BCUT2D eigenvalue weighted by molar-refractivity contribution is 8.01. The molecule has 0 aliphatic heterocycles. The van der Waals surface area contributed by atoms with E-state index in [9.17, 15) is 4.79 Å². The van der Waals surface area contributed by atoms with Crippen LogP contribution >= 0.6 is 11.8 Å². The molecule has 0 unspecified atom stereocenters. The number of benzene rings is 1. The van der Waals surface area contributed by atoms with E-state index in [0.29, 0.717) is 6.61 Å². The fourth-order valence-electron chi connectivity index (χ4n) is 1.88. The molecule has 0 saturated heterocycles. The zero-order valence-electron chi connectivity index (χ0n) is 12.6. The molecule has 0 aliphatic rings. The standard InChI is InChI=1S/C16H25NO2S/c1-4-19-15(18)16(2,3)20-14-10-7-9-13(12-14)8-5-6-11-17/h7,9-10,12H,4-6,8,11,17H2,1-3H3. The Morgan fingerprint density at radius 1 is 1.35 bits per heavy atom. The van der Waals surface area contributed by atoms with Gasteiger partial charge < -0.3 is 10.5 Å². The number of nitrogens with two attached hydrogens (primary N) is 1. The predicted molar refractivity (Wildman–Crippen MR) is 85.0 cm³/mol. The minimum Gasteiger partial charge on any atom is -0.465 e. The first-order chi connectivity index (χ1) is 9.49. The molecule has 0 atom stereocenters. The first kappa shape index (κ1) is 17.1. The summed E-state index contributed by atoms with van der Waals surface area (Å²) in [6.45, 7) is 6.79. The van der Waals surface area contributed by atoms with Gasteiger partial charge in [-0.15, -0.1) is 11.8 Å². The monoisotopic (exact) mass is 295 g/mol. The van der Waals surface area contributed by atoms with Crippen LogP contribution in [0.1, 0.15) is 39.2 Å². The molecule has 1 rings (SSSR count). The smallest absolute Gasteiger partial charge is 0.321 e. The van der Waals surface area contributed by atoms with E-state index >= 15 is 0 Å². The van der Waals surface area contributed by atoms with E-state index in [0.717, 1.165) is 30.7 Å². The van der Waals surface area contributed by atoms with Crippen molar-refractivity contribution in [2.24, 2.45) is 5.73 Å². The van der Waals surface area contributed by atoms with Crippen LogP contribution in [0.25, 0.3) is 0 Å². The first-order valence-electron chi connectivity index (χ1n) is 7.15. The van der Waals surface area contributed by atoms with Crippen LogP contribution in [-0.2, 0) is 16.0 Å². The molecule has 0 saturated carbocycles. The van der Waals surface area contributed by atoms with Gasteiger partial charge in [0.2, 0.25) is 0 Å². The van der Waals surface area contributed by atoms with Gasteiger partial charge in [-0.3, -0.25) is 4.79 Å². The van der Waals surface area contributed by atoms with E-state index < -0.39 is 4.75 Å². The van der Waals surface area contributed by atoms with Crippen LogP contribution in [-0.4, -0.2) is 23.9 Å². The van der Waals surface area contributed by atoms with Gasteiger partial charge in [0.1, 0.15) is 4.75 Å². The molecule has 1 aromatic carbocycles. The van der Waals surface area contributed by atoms with Crippen molar-refractivity contribution >= 4 is 17.7 Å². The minimum atomic E-state index is -0.564. The predicted octanol–water partition coefficient (Wildman–Crippen LogP) is 3.40. The van der Waals surface area contributed by atoms with Gasteiger partial charge in [-0.2, -0.15) is 0 Å². The Labute approximate surface area is 126 Å². The lowest BCUT2D eigenvalue weighted by atomic mass is 10.1. The maximum Gasteiger partial charge on any atom is 0.321 e. The number of esters is 1. The lowest BCUT2D eigenvalue weighted by Crippen LogP contribution is -2.29. The van der Waals surface area contributed by atoms with E-state index in [2.05, 4.69) is 12.1 Å². The van der Waals surface area contributed by atoms with Crippen LogP contribution in [0.15, 0.2) is 29.2 Å². The fourth-order valence-corrected chi connectivity index (χ4v) is 2.97. The molecule has 1 aromatic rings. The van der Waals surface area contributed by atoms with Crippen molar-refractivity contribution in [2.45, 2.75) is 49.7 Å². The molecule has 0 heterocycles. The number of ether oxygens (including phenoxy) is 1. The number of aryl methyl sites for hydroxylation is 1. The fraction of sp³-hybridized carbons (Fsp3) is 0.562. The number of hydrogen-bond donors (Lipinski definition) is 1. The number of carbonyl (C=O) groups is 1. The largest absolute Gasteiger partial charge is 0.465 e. The van der Waals surface area contributed by atoms with Crippen LogP contribution < -0.4 is 5.73 Å². The number of thioether (sulfide) groups is 1. The lowest BCUT2D eigenvalue weighted by molar-refractivity contribution is -0.145. The van der Waals surface area contributed by atoms with E-state index in [1.54, 1.807) is 11.8 Å². The summed E-state index contributed by atoms with van der Waals surface area (Å²) in [5, 5.41) is 0. The van der Waals surface area contributed by atoms with E-state index in [4.69, 9.17) is 10.5 Å². The summed E-state index contributed by atoms with van der Waals surface area (Å²) >= 11 is 1.55. The Balaban J connectivity index is 2.67. The van der Waals surface area contributed by atoms with Crippen LogP contribution in [0.4, 0.5) is 0 Å². The molecule has 0 aliphatic carbocycles. The van der Waals surface area contributed by atoms with Crippen LogP contribution in [0.5, 0.6) is 0 Å². The minimum absolute atomic E-state index is 0.168. The molecule has 3 nitrogen and oxygen atoms in total. The molecule has 2 N–H and O–H groups in total. The third-order valence-corrected chi connectivity index (χ3v) is 4.12. The van der Waals surface area contributed by atoms with Gasteiger partial charge in [0.15, 0.2) is 0 Å². The lowest BCUT2D eigenvalue weighted by Gasteiger charge is -2.21. The zero-order valence-corrected chi connectivity index (χ0v) is 13.5. The molecular formula is C16H25NO2S. The third-order valence-electron chi connectivity index (χ3n) is 2.96. The number of rotatable bonds is 8. The number of carbonyl (C=O) groups excluding carboxylic acids is 1. The van der Waals surface area contributed by atoms with Gasteiger partial charge in [0.05, 0.1) is 6.61 Å². The molecule has 0 fully saturated rings. The maximum atomic E-state index is 11.9. The average molecular weight is 295 g/mol. The Hall–Kier alpha value is -1.00. The highest BCUT2D eigenvalue weighted by atomic mass is 32.2. The summed E-state index contributed by atoms with van der Waals surface area (Å²) in [4.78, 5) is 13.0. The Morgan fingerprint density at radius 2 is 2.10 bits per heavy atom. The molecule has 4 heteroatoms. The van der Waals surface area contributed by atoms with Crippen LogP contribution in [0, 0.1) is 0 Å². The molecule has 112 valence electrons. The summed E-state index contributed by atoms with van der Waals surface area (Å²) < 4.78 is 4.55. The van der Waals surface area contributed by atoms with Gasteiger partial charge in [-0.05, 0) is 64.3 Å². The average Bonchev–Trinajstić information content (AvgIpc) is 2.39. The highest BCUT2D eigenvalue weighted by Gasteiger charge is 2.30. The molecular weight excluding hydrogens is 270 g/mol. The molecule has 0 spiro atoms. The molecule has 0 bridgehead atoms. The van der Waals surface area contributed by atoms with Crippen molar-refractivity contribution in [3.63, 3.8) is 0 Å². The van der Waals surface area contributed by atoms with Crippen molar-refractivity contribution in [2.75, 3.05) is 13.2 Å². The quantitative estimate of drug-likeness (QED) is 0.454. The van der Waals surface area contributed by atoms with Crippen molar-refractivity contribution in [1.82, 2.24) is 0 Å². The Bertz CT molecular complexity index is 432. The van der Waals surface area contributed by atoms with Gasteiger partial charge in [-0.1, -0.05) is 12.1 Å². The van der Waals surface area contributed by atoms with Gasteiger partial charge in [-0.25, -0.2) is 0 Å². The van der Waals surface area contributed by atoms with E-state index in [1.165, 1.54) is 5.56 Å². The second-order valence-corrected chi connectivity index (χ2v) is 6.92. The van der Waals surface area contributed by atoms with Gasteiger partial charge in [0.25, 0.3) is 0 Å². The van der Waals surface area contributed by atoms with Gasteiger partial charge >= 0.3 is 5.97 Å². The summed E-state index contributed by atoms with van der Waals surface area (Å²) in [6, 6.07) is 8.36. The Kier molecular flexibility index (Phi) is 7.10. The van der Waals surface area contributed by atoms with E-state index in [-0.39, 0.29) is 5.97 Å². The molecule has 0 aromatic heterocycles. The molecule has 20 heavy (non-hydrogen) atoms. The van der Waals surface area contributed by atoms with Crippen LogP contribution in [0.2, 0.25) is 0 Å². The second-order valence-electron chi connectivity index (χ2n) is 5.23. The molecule has 0 amide bonds. The Morgan fingerprint density at radius 3 is 2.75 bits per heavy atom. The first-order valence-corrected chi connectivity index (χ1v) is 7.96. The topological polar surface area (TPSA) is 52.3 Å². The van der Waals surface area contributed by atoms with Crippen molar-refractivity contribution < 1.29 is 9.53 Å². The summed E-state index contributed by atoms with van der Waals surface area (Å²) in [5.41, 5.74) is 6.81. The van der Waals surface area contributed by atoms with Gasteiger partial charge in [0, 0.05) is 4.90 Å². The maximum absolute atomic E-state index is 11.9. The summed E-state index contributed by atoms with van der Waals surface area (Å²) in [6.07, 6.45) is 3.18. The second kappa shape index (κ2) is 8.32. The molecule has 0 radical (unpaired) electrons. The van der Waals surface area contributed by atoms with E-state index in [1.807, 2.05) is 32.9 Å². The highest BCUT2D eigenvalue weighted by Crippen LogP contribution is 2.34. The summed E-state index contributed by atoms with van der Waals surface area (Å²) in [7, 11) is 0. The van der Waals surface area contributed by atoms with Crippen molar-refractivity contribution in [1.29, 1.82) is 0 Å².